The molecule has 4 heterocycles. The number of hydrogen-bond acceptors (Lipinski definition) is 5. The number of ether oxygens (including phenoxy) is 1. The Morgan fingerprint density at radius 3 is 2.76 bits per heavy atom. The fourth-order valence-corrected chi connectivity index (χ4v) is 4.47. The van der Waals surface area contributed by atoms with Crippen LogP contribution in [-0.2, 0) is 11.3 Å². The number of halogens is 3. The zero-order valence-electron chi connectivity index (χ0n) is 18.4. The van der Waals surface area contributed by atoms with Crippen molar-refractivity contribution in [2.24, 2.45) is 4.99 Å². The summed E-state index contributed by atoms with van der Waals surface area (Å²) < 4.78 is 48.7. The molecule has 1 aromatic carbocycles. The fourth-order valence-electron chi connectivity index (χ4n) is 4.47. The molecular formula is C24H24F3N5O. The summed E-state index contributed by atoms with van der Waals surface area (Å²) in [6.07, 6.45) is -0.0202. The lowest BCUT2D eigenvalue weighted by Crippen LogP contribution is -2.21. The van der Waals surface area contributed by atoms with Gasteiger partial charge in [-0.25, -0.2) is 23.1 Å². The molecule has 5 rings (SSSR count). The highest BCUT2D eigenvalue weighted by Crippen LogP contribution is 2.36. The van der Waals surface area contributed by atoms with E-state index in [2.05, 4.69) is 30.9 Å². The highest BCUT2D eigenvalue weighted by Gasteiger charge is 2.26. The van der Waals surface area contributed by atoms with Crippen LogP contribution in [0.3, 0.4) is 0 Å². The Hall–Kier alpha value is -3.20. The predicted molar refractivity (Wildman–Crippen MR) is 119 cm³/mol. The number of rotatable bonds is 4. The zero-order valence-corrected chi connectivity index (χ0v) is 18.4. The molecule has 4 aliphatic rings. The van der Waals surface area contributed by atoms with Gasteiger partial charge in [0.05, 0.1) is 30.4 Å². The molecule has 0 saturated heterocycles. The van der Waals surface area contributed by atoms with E-state index in [1.807, 2.05) is 6.07 Å². The van der Waals surface area contributed by atoms with Gasteiger partial charge < -0.3 is 14.6 Å². The minimum absolute atomic E-state index is 0.111. The minimum atomic E-state index is -2.89. The maximum atomic E-state index is 14.8. The van der Waals surface area contributed by atoms with E-state index in [4.69, 9.17) is 4.74 Å². The van der Waals surface area contributed by atoms with Crippen molar-refractivity contribution < 1.29 is 17.9 Å². The van der Waals surface area contributed by atoms with Crippen molar-refractivity contribution in [1.82, 2.24) is 14.5 Å². The molecule has 0 spiro atoms. The average Bonchev–Trinajstić information content (AvgIpc) is 3.29. The number of benzene rings is 1. The van der Waals surface area contributed by atoms with Gasteiger partial charge in [0.15, 0.2) is 5.49 Å². The van der Waals surface area contributed by atoms with E-state index >= 15 is 0 Å². The lowest BCUT2D eigenvalue weighted by molar-refractivity contribution is 0.146. The first-order chi connectivity index (χ1) is 15.9. The second-order valence-corrected chi connectivity index (χ2v) is 8.23. The third-order valence-corrected chi connectivity index (χ3v) is 6.08. The summed E-state index contributed by atoms with van der Waals surface area (Å²) in [7, 11) is 0. The number of aromatic nitrogens is 3. The van der Waals surface area contributed by atoms with Crippen LogP contribution in [0.1, 0.15) is 48.3 Å². The monoisotopic (exact) mass is 455 g/mol. The van der Waals surface area contributed by atoms with Crippen molar-refractivity contribution in [2.75, 3.05) is 25.1 Å². The number of nitrogens with zero attached hydrogens (tertiary/aromatic N) is 4. The van der Waals surface area contributed by atoms with Crippen LogP contribution in [0.25, 0.3) is 17.0 Å². The largest absolute Gasteiger partial charge is 0.377 e. The Morgan fingerprint density at radius 2 is 2.00 bits per heavy atom. The number of alkyl halides is 2. The van der Waals surface area contributed by atoms with E-state index in [1.54, 1.807) is 13.8 Å². The van der Waals surface area contributed by atoms with Crippen LogP contribution in [0.15, 0.2) is 35.3 Å². The average molecular weight is 455 g/mol. The minimum Gasteiger partial charge on any atom is -0.377 e. The topological polar surface area (TPSA) is 64.3 Å². The van der Waals surface area contributed by atoms with Gasteiger partial charge >= 0.3 is 0 Å². The molecular weight excluding hydrogens is 431 g/mol. The molecule has 1 aromatic rings. The van der Waals surface area contributed by atoms with E-state index in [0.717, 1.165) is 48.3 Å². The van der Waals surface area contributed by atoms with Crippen LogP contribution in [0.4, 0.5) is 19.0 Å². The highest BCUT2D eigenvalue weighted by atomic mass is 19.3. The zero-order chi connectivity index (χ0) is 23.1. The number of aryl methyl sites for hydroxylation is 1. The summed E-state index contributed by atoms with van der Waals surface area (Å²) in [4.78, 5) is 13.9. The van der Waals surface area contributed by atoms with Gasteiger partial charge in [0.2, 0.25) is 0 Å². The van der Waals surface area contributed by atoms with Crippen LogP contribution in [0, 0.1) is 12.7 Å². The quantitative estimate of drug-likeness (QED) is 0.622. The Balaban J connectivity index is 1.69. The van der Waals surface area contributed by atoms with Crippen molar-refractivity contribution in [3.8, 4) is 11.4 Å². The third kappa shape index (κ3) is 3.90. The smallest absolute Gasteiger partial charge is 0.266 e. The lowest BCUT2D eigenvalue weighted by Gasteiger charge is -2.21. The number of pyridine rings is 1. The van der Waals surface area contributed by atoms with E-state index in [9.17, 15) is 13.2 Å². The summed E-state index contributed by atoms with van der Waals surface area (Å²) >= 11 is 0. The Kier molecular flexibility index (Phi) is 5.65. The number of hydrogen-bond donors (Lipinski definition) is 1. The second kappa shape index (κ2) is 8.62. The molecule has 9 heteroatoms. The fraction of sp³-hybridized carbons (Fsp3) is 0.375. The standard InChI is InChI=1S/C24H24F3N5O/c1-13(16-4-3-5-17(20(16)25)21(26)27)29-22-19-12-18(15-6-10-33-11-7-15)23-28-8-9-32(23)24(19)31-14(2)30-22/h3-6,12-13,21,28H,7-11H2,1-2H3. The molecule has 33 heavy (non-hydrogen) atoms. The van der Waals surface area contributed by atoms with E-state index in [-0.39, 0.29) is 5.56 Å². The molecule has 1 unspecified atom stereocenters. The van der Waals surface area contributed by atoms with Gasteiger partial charge in [0.25, 0.3) is 6.43 Å². The van der Waals surface area contributed by atoms with Gasteiger partial charge in [-0.2, -0.15) is 0 Å². The maximum absolute atomic E-state index is 14.8. The second-order valence-electron chi connectivity index (χ2n) is 8.23. The number of anilines is 1. The van der Waals surface area contributed by atoms with Crippen molar-refractivity contribution >= 4 is 11.4 Å². The molecule has 0 saturated carbocycles. The first-order valence-electron chi connectivity index (χ1n) is 11.0. The van der Waals surface area contributed by atoms with Crippen molar-refractivity contribution in [3.63, 3.8) is 0 Å². The Morgan fingerprint density at radius 1 is 1.18 bits per heavy atom. The van der Waals surface area contributed by atoms with Crippen LogP contribution < -0.4 is 10.8 Å². The van der Waals surface area contributed by atoms with Gasteiger partial charge in [0.1, 0.15) is 23.3 Å². The van der Waals surface area contributed by atoms with Gasteiger partial charge in [0, 0.05) is 24.2 Å². The summed E-state index contributed by atoms with van der Waals surface area (Å²) in [6, 6.07) is 5.33. The first kappa shape index (κ1) is 21.6. The molecule has 1 atom stereocenters. The van der Waals surface area contributed by atoms with Crippen LogP contribution in [0.5, 0.6) is 0 Å². The SMILES string of the molecule is Cc1nc2n3c(c(C4=CCOCC4)cc-2c(=NC(C)c2cccc(C(F)F)c2F)n1)NCC3. The highest BCUT2D eigenvalue weighted by molar-refractivity contribution is 5.80. The van der Waals surface area contributed by atoms with E-state index < -0.39 is 23.8 Å². The predicted octanol–water partition coefficient (Wildman–Crippen LogP) is 4.66. The summed E-state index contributed by atoms with van der Waals surface area (Å²) in [5.41, 5.74) is 2.88. The molecule has 0 aliphatic carbocycles. The molecule has 0 radical (unpaired) electrons. The van der Waals surface area contributed by atoms with Gasteiger partial charge in [-0.1, -0.05) is 24.3 Å². The molecule has 172 valence electrons. The maximum Gasteiger partial charge on any atom is 0.266 e. The van der Waals surface area contributed by atoms with Crippen LogP contribution >= 0.6 is 0 Å². The summed E-state index contributed by atoms with van der Waals surface area (Å²) in [5.74, 6) is 1.36. The van der Waals surface area contributed by atoms with Gasteiger partial charge in [-0.15, -0.1) is 0 Å². The Bertz CT molecular complexity index is 1280. The lowest BCUT2D eigenvalue weighted by atomic mass is 9.99. The van der Waals surface area contributed by atoms with Crippen molar-refractivity contribution in [1.29, 1.82) is 0 Å². The molecule has 0 bridgehead atoms. The van der Waals surface area contributed by atoms with E-state index in [0.29, 0.717) is 24.5 Å². The first-order valence-corrected chi connectivity index (χ1v) is 11.0. The molecule has 0 amide bonds. The van der Waals surface area contributed by atoms with Crippen molar-refractivity contribution in [3.05, 3.63) is 64.2 Å². The number of fused-ring (bicyclic) bond motifs is 3. The van der Waals surface area contributed by atoms with Crippen LogP contribution in [-0.4, -0.2) is 34.3 Å². The Labute approximate surface area is 189 Å². The third-order valence-electron chi connectivity index (χ3n) is 6.08. The number of nitrogens with one attached hydrogen (secondary N) is 1. The normalized spacial score (nSPS) is 17.3. The molecule has 6 nitrogen and oxygen atoms in total. The summed E-state index contributed by atoms with van der Waals surface area (Å²) in [5, 5.41) is 3.46. The molecule has 0 fully saturated rings. The molecule has 0 aromatic heterocycles. The summed E-state index contributed by atoms with van der Waals surface area (Å²) in [6.45, 7) is 6.21. The van der Waals surface area contributed by atoms with Crippen LogP contribution in [0.2, 0.25) is 0 Å². The van der Waals surface area contributed by atoms with E-state index in [1.165, 1.54) is 17.7 Å². The molecule has 4 aliphatic heterocycles. The van der Waals surface area contributed by atoms with Gasteiger partial charge in [-0.05, 0) is 31.9 Å². The van der Waals surface area contributed by atoms with Gasteiger partial charge in [-0.3, -0.25) is 4.99 Å². The van der Waals surface area contributed by atoms with Crippen molar-refractivity contribution in [2.45, 2.75) is 39.3 Å². The molecule has 1 N–H and O–H groups in total.